The van der Waals surface area contributed by atoms with Gasteiger partial charge in [-0.3, -0.25) is 4.79 Å². The summed E-state index contributed by atoms with van der Waals surface area (Å²) in [7, 11) is -3.38. The Hall–Kier alpha value is -1.62. The second-order valence-electron chi connectivity index (χ2n) is 5.87. The van der Waals surface area contributed by atoms with Gasteiger partial charge in [0.05, 0.1) is 10.6 Å². The lowest BCUT2D eigenvalue weighted by Gasteiger charge is -2.21. The minimum atomic E-state index is -3.38. The topological polar surface area (TPSA) is 63.2 Å². The number of aryl methyl sites for hydroxylation is 1. The number of nitrogens with one attached hydrogen (secondary N) is 1. The Bertz CT molecular complexity index is 658. The summed E-state index contributed by atoms with van der Waals surface area (Å²) in [4.78, 5) is 12.5. The molecule has 1 aliphatic rings. The summed E-state index contributed by atoms with van der Waals surface area (Å²) in [6.07, 6.45) is 6.57. The van der Waals surface area contributed by atoms with Crippen LogP contribution in [0.1, 0.15) is 37.7 Å². The molecule has 2 rings (SSSR count). The van der Waals surface area contributed by atoms with Gasteiger partial charge in [0.15, 0.2) is 9.84 Å². The highest BCUT2D eigenvalue weighted by atomic mass is 32.2. The van der Waals surface area contributed by atoms with Gasteiger partial charge in [0.2, 0.25) is 5.91 Å². The first kappa shape index (κ1) is 16.7. The van der Waals surface area contributed by atoms with Crippen LogP contribution in [-0.4, -0.2) is 20.1 Å². The van der Waals surface area contributed by atoms with Crippen molar-refractivity contribution in [3.8, 4) is 0 Å². The molecular formula is C17H23NO3S. The van der Waals surface area contributed by atoms with Crippen molar-refractivity contribution in [3.05, 3.63) is 36.4 Å². The zero-order valence-corrected chi connectivity index (χ0v) is 13.8. The van der Waals surface area contributed by atoms with Gasteiger partial charge in [-0.25, -0.2) is 8.42 Å². The summed E-state index contributed by atoms with van der Waals surface area (Å²) >= 11 is 0. The summed E-state index contributed by atoms with van der Waals surface area (Å²) in [5.74, 6) is -0.0610. The van der Waals surface area contributed by atoms with Gasteiger partial charge in [0.1, 0.15) is 0 Å². The Morgan fingerprint density at radius 2 is 2.00 bits per heavy atom. The van der Waals surface area contributed by atoms with E-state index >= 15 is 0 Å². The Labute approximate surface area is 132 Å². The second kappa shape index (κ2) is 7.09. The molecule has 0 unspecified atom stereocenters. The molecule has 5 heteroatoms. The van der Waals surface area contributed by atoms with Crippen LogP contribution in [0.2, 0.25) is 0 Å². The SMILES string of the molecule is C=CCS(=O)(=O)c1ccc(C)c(NC(=O)C2CCCCC2)c1. The Morgan fingerprint density at radius 3 is 2.64 bits per heavy atom. The third kappa shape index (κ3) is 3.97. The van der Waals surface area contributed by atoms with E-state index in [0.717, 1.165) is 31.2 Å². The lowest BCUT2D eigenvalue weighted by Crippen LogP contribution is -2.25. The predicted molar refractivity (Wildman–Crippen MR) is 88.6 cm³/mol. The summed E-state index contributed by atoms with van der Waals surface area (Å²) < 4.78 is 24.2. The predicted octanol–water partition coefficient (Wildman–Crippen LogP) is 3.47. The minimum absolute atomic E-state index is 0.000989. The van der Waals surface area contributed by atoms with Gasteiger partial charge in [-0.15, -0.1) is 6.58 Å². The third-order valence-electron chi connectivity index (χ3n) is 4.14. The maximum absolute atomic E-state index is 12.3. The largest absolute Gasteiger partial charge is 0.326 e. The molecule has 1 aromatic carbocycles. The molecule has 1 aliphatic carbocycles. The summed E-state index contributed by atoms with van der Waals surface area (Å²) in [6, 6.07) is 4.85. The van der Waals surface area contributed by atoms with Crippen LogP contribution in [0.4, 0.5) is 5.69 Å². The fourth-order valence-electron chi connectivity index (χ4n) is 2.78. The highest BCUT2D eigenvalue weighted by molar-refractivity contribution is 7.91. The number of hydrogen-bond acceptors (Lipinski definition) is 3. The monoisotopic (exact) mass is 321 g/mol. The quantitative estimate of drug-likeness (QED) is 0.845. The average Bonchev–Trinajstić information content (AvgIpc) is 2.50. The normalized spacial score (nSPS) is 16.2. The van der Waals surface area contributed by atoms with Crippen molar-refractivity contribution >= 4 is 21.4 Å². The molecule has 1 fully saturated rings. The van der Waals surface area contributed by atoms with Crippen LogP contribution in [0.5, 0.6) is 0 Å². The highest BCUT2D eigenvalue weighted by Crippen LogP contribution is 2.27. The van der Waals surface area contributed by atoms with E-state index in [9.17, 15) is 13.2 Å². The van der Waals surface area contributed by atoms with Crippen molar-refractivity contribution in [2.75, 3.05) is 11.1 Å². The zero-order chi connectivity index (χ0) is 16.2. The van der Waals surface area contributed by atoms with Crippen LogP contribution in [0.3, 0.4) is 0 Å². The van der Waals surface area contributed by atoms with Gasteiger partial charge in [-0.1, -0.05) is 31.4 Å². The minimum Gasteiger partial charge on any atom is -0.326 e. The first-order valence-corrected chi connectivity index (χ1v) is 9.34. The number of benzene rings is 1. The molecule has 0 atom stereocenters. The molecule has 120 valence electrons. The molecular weight excluding hydrogens is 298 g/mol. The molecule has 0 aromatic heterocycles. The lowest BCUT2D eigenvalue weighted by atomic mass is 9.88. The lowest BCUT2D eigenvalue weighted by molar-refractivity contribution is -0.120. The van der Waals surface area contributed by atoms with E-state index in [1.54, 1.807) is 18.2 Å². The maximum Gasteiger partial charge on any atom is 0.227 e. The molecule has 1 aromatic rings. The van der Waals surface area contributed by atoms with Crippen LogP contribution in [0, 0.1) is 12.8 Å². The van der Waals surface area contributed by atoms with Crippen molar-refractivity contribution in [2.24, 2.45) is 5.92 Å². The van der Waals surface area contributed by atoms with E-state index in [2.05, 4.69) is 11.9 Å². The second-order valence-corrected chi connectivity index (χ2v) is 7.91. The Morgan fingerprint density at radius 1 is 1.32 bits per heavy atom. The van der Waals surface area contributed by atoms with Gasteiger partial charge in [-0.05, 0) is 37.5 Å². The number of amides is 1. The summed E-state index contributed by atoms with van der Waals surface area (Å²) in [5.41, 5.74) is 1.45. The maximum atomic E-state index is 12.3. The fraction of sp³-hybridized carbons (Fsp3) is 0.471. The molecule has 0 aliphatic heterocycles. The van der Waals surface area contributed by atoms with Crippen molar-refractivity contribution in [2.45, 2.75) is 43.9 Å². The van der Waals surface area contributed by atoms with E-state index in [0.29, 0.717) is 5.69 Å². The van der Waals surface area contributed by atoms with Gasteiger partial charge >= 0.3 is 0 Å². The van der Waals surface area contributed by atoms with E-state index in [4.69, 9.17) is 0 Å². The number of anilines is 1. The molecule has 0 saturated heterocycles. The molecule has 1 saturated carbocycles. The van der Waals surface area contributed by atoms with Gasteiger partial charge < -0.3 is 5.32 Å². The number of carbonyl (C=O) groups is 1. The van der Waals surface area contributed by atoms with Crippen LogP contribution >= 0.6 is 0 Å². The van der Waals surface area contributed by atoms with Gasteiger partial charge in [0.25, 0.3) is 0 Å². The number of sulfone groups is 1. The van der Waals surface area contributed by atoms with E-state index < -0.39 is 9.84 Å². The van der Waals surface area contributed by atoms with Crippen molar-refractivity contribution in [3.63, 3.8) is 0 Å². The van der Waals surface area contributed by atoms with E-state index in [-0.39, 0.29) is 22.5 Å². The highest BCUT2D eigenvalue weighted by Gasteiger charge is 2.22. The average molecular weight is 321 g/mol. The van der Waals surface area contributed by atoms with Crippen molar-refractivity contribution in [1.29, 1.82) is 0 Å². The van der Waals surface area contributed by atoms with Crippen LogP contribution < -0.4 is 5.32 Å². The van der Waals surface area contributed by atoms with Gasteiger partial charge in [-0.2, -0.15) is 0 Å². The smallest absolute Gasteiger partial charge is 0.227 e. The van der Waals surface area contributed by atoms with Crippen molar-refractivity contribution < 1.29 is 13.2 Å². The van der Waals surface area contributed by atoms with Gasteiger partial charge in [0, 0.05) is 11.6 Å². The molecule has 4 nitrogen and oxygen atoms in total. The molecule has 22 heavy (non-hydrogen) atoms. The molecule has 0 radical (unpaired) electrons. The molecule has 1 amide bonds. The third-order valence-corrected chi connectivity index (χ3v) is 5.79. The van der Waals surface area contributed by atoms with E-state index in [1.807, 2.05) is 6.92 Å². The zero-order valence-electron chi connectivity index (χ0n) is 13.0. The standard InChI is InChI=1S/C17H23NO3S/c1-3-11-22(20,21)15-10-9-13(2)16(12-15)18-17(19)14-7-5-4-6-8-14/h3,9-10,12,14H,1,4-8,11H2,2H3,(H,18,19). The van der Waals surface area contributed by atoms with Crippen molar-refractivity contribution in [1.82, 2.24) is 0 Å². The van der Waals surface area contributed by atoms with E-state index in [1.165, 1.54) is 12.5 Å². The summed E-state index contributed by atoms with van der Waals surface area (Å²) in [6.45, 7) is 5.33. The molecule has 1 N–H and O–H groups in total. The molecule has 0 spiro atoms. The first-order chi connectivity index (χ1) is 10.4. The van der Waals surface area contributed by atoms with Crippen LogP contribution in [0.15, 0.2) is 35.7 Å². The Kier molecular flexibility index (Phi) is 5.40. The fourth-order valence-corrected chi connectivity index (χ4v) is 3.86. The summed E-state index contributed by atoms with van der Waals surface area (Å²) in [5, 5.41) is 2.91. The number of rotatable bonds is 5. The number of carbonyl (C=O) groups excluding carboxylic acids is 1. The van der Waals surface area contributed by atoms with Crippen LogP contribution in [-0.2, 0) is 14.6 Å². The molecule has 0 heterocycles. The Balaban J connectivity index is 2.20. The number of hydrogen-bond donors (Lipinski definition) is 1. The molecule has 0 bridgehead atoms. The van der Waals surface area contributed by atoms with Crippen LogP contribution in [0.25, 0.3) is 0 Å². The first-order valence-electron chi connectivity index (χ1n) is 7.69.